The normalized spacial score (nSPS) is 11.8. The molecule has 0 aliphatic heterocycles. The molecule has 0 amide bonds. The lowest BCUT2D eigenvalue weighted by atomic mass is 10.0. The second-order valence-corrected chi connectivity index (χ2v) is 5.56. The van der Waals surface area contributed by atoms with Crippen molar-refractivity contribution in [1.29, 1.82) is 0 Å². The van der Waals surface area contributed by atoms with Crippen molar-refractivity contribution in [2.45, 2.75) is 26.4 Å². The molecule has 0 bridgehead atoms. The molecule has 0 saturated carbocycles. The molecule has 2 aromatic rings. The van der Waals surface area contributed by atoms with Crippen molar-refractivity contribution < 1.29 is 19.4 Å². The lowest BCUT2D eigenvalue weighted by molar-refractivity contribution is 0.0316. The molecule has 0 fully saturated rings. The van der Waals surface area contributed by atoms with E-state index in [1.165, 1.54) is 25.1 Å². The molecule has 2 rings (SSSR count). The Labute approximate surface area is 139 Å². The predicted molar refractivity (Wildman–Crippen MR) is 88.1 cm³/mol. The van der Waals surface area contributed by atoms with Gasteiger partial charge in [0.15, 0.2) is 6.10 Å². The van der Waals surface area contributed by atoms with E-state index in [4.69, 9.17) is 16.3 Å². The first-order valence-corrected chi connectivity index (χ1v) is 7.62. The number of aryl methyl sites for hydroxylation is 1. The number of Topliss-reactive ketones (excluding diaryl/α,β-unsaturated/α-hetero) is 1. The molecular formula is C18H17ClO4. The number of phenols is 1. The number of hydrogen-bond donors (Lipinski definition) is 1. The van der Waals surface area contributed by atoms with Crippen LogP contribution in [0.3, 0.4) is 0 Å². The Morgan fingerprint density at radius 2 is 1.83 bits per heavy atom. The number of aromatic hydroxyl groups is 1. The number of halogens is 1. The summed E-state index contributed by atoms with van der Waals surface area (Å²) in [6, 6.07) is 11.2. The Balaban J connectivity index is 2.10. The number of carbonyl (C=O) groups excluding carboxylic acids is 2. The second kappa shape index (κ2) is 7.29. The summed E-state index contributed by atoms with van der Waals surface area (Å²) in [5.41, 5.74) is 1.52. The summed E-state index contributed by atoms with van der Waals surface area (Å²) in [5, 5.41) is 9.98. The van der Waals surface area contributed by atoms with Crippen LogP contribution in [0.2, 0.25) is 5.02 Å². The van der Waals surface area contributed by atoms with Crippen LogP contribution in [-0.4, -0.2) is 23.0 Å². The molecule has 0 saturated heterocycles. The zero-order chi connectivity index (χ0) is 17.0. The van der Waals surface area contributed by atoms with E-state index in [1.54, 1.807) is 12.1 Å². The van der Waals surface area contributed by atoms with E-state index in [9.17, 15) is 14.7 Å². The van der Waals surface area contributed by atoms with Crippen molar-refractivity contribution in [1.82, 2.24) is 0 Å². The van der Waals surface area contributed by atoms with Gasteiger partial charge in [-0.25, -0.2) is 4.79 Å². The van der Waals surface area contributed by atoms with Crippen LogP contribution in [0.5, 0.6) is 5.75 Å². The van der Waals surface area contributed by atoms with Crippen molar-refractivity contribution in [2.75, 3.05) is 0 Å². The SMILES string of the molecule is CCc1ccc(C(=O)[C@H](C)OC(=O)c2cc(Cl)ccc2O)cc1. The van der Waals surface area contributed by atoms with Crippen molar-refractivity contribution in [2.24, 2.45) is 0 Å². The fourth-order valence-corrected chi connectivity index (χ4v) is 2.26. The number of esters is 1. The number of phenolic OH excluding ortho intramolecular Hbond substituents is 1. The zero-order valence-electron chi connectivity index (χ0n) is 12.9. The number of hydrogen-bond acceptors (Lipinski definition) is 4. The maximum atomic E-state index is 12.3. The van der Waals surface area contributed by atoms with Gasteiger partial charge in [-0.1, -0.05) is 42.8 Å². The molecular weight excluding hydrogens is 316 g/mol. The van der Waals surface area contributed by atoms with Gasteiger partial charge in [0.05, 0.1) is 0 Å². The van der Waals surface area contributed by atoms with Crippen LogP contribution in [0.25, 0.3) is 0 Å². The van der Waals surface area contributed by atoms with Crippen LogP contribution in [0.1, 0.15) is 40.1 Å². The van der Waals surface area contributed by atoms with Crippen LogP contribution in [0.4, 0.5) is 0 Å². The van der Waals surface area contributed by atoms with E-state index in [0.29, 0.717) is 10.6 Å². The Morgan fingerprint density at radius 3 is 2.43 bits per heavy atom. The minimum Gasteiger partial charge on any atom is -0.507 e. The fourth-order valence-electron chi connectivity index (χ4n) is 2.09. The molecule has 120 valence electrons. The summed E-state index contributed by atoms with van der Waals surface area (Å²) in [6.45, 7) is 3.52. The number of benzene rings is 2. The van der Waals surface area contributed by atoms with Crippen LogP contribution >= 0.6 is 11.6 Å². The van der Waals surface area contributed by atoms with Gasteiger partial charge >= 0.3 is 5.97 Å². The molecule has 0 spiro atoms. The average Bonchev–Trinajstić information content (AvgIpc) is 2.56. The summed E-state index contributed by atoms with van der Waals surface area (Å²) in [4.78, 5) is 24.4. The first-order chi connectivity index (χ1) is 10.9. The Morgan fingerprint density at radius 1 is 1.17 bits per heavy atom. The van der Waals surface area contributed by atoms with Gasteiger partial charge in [-0.3, -0.25) is 4.79 Å². The largest absolute Gasteiger partial charge is 0.507 e. The third-order valence-corrected chi connectivity index (χ3v) is 3.71. The molecule has 1 N–H and O–H groups in total. The highest BCUT2D eigenvalue weighted by Gasteiger charge is 2.22. The van der Waals surface area contributed by atoms with Gasteiger partial charge in [-0.15, -0.1) is 0 Å². The summed E-state index contributed by atoms with van der Waals surface area (Å²) < 4.78 is 5.14. The van der Waals surface area contributed by atoms with Crippen molar-refractivity contribution in [3.63, 3.8) is 0 Å². The molecule has 23 heavy (non-hydrogen) atoms. The second-order valence-electron chi connectivity index (χ2n) is 5.12. The Kier molecular flexibility index (Phi) is 5.40. The van der Waals surface area contributed by atoms with Gasteiger partial charge in [0.2, 0.25) is 5.78 Å². The summed E-state index contributed by atoms with van der Waals surface area (Å²) in [6.07, 6.45) is -0.0825. The number of ether oxygens (including phenoxy) is 1. The number of ketones is 1. The van der Waals surface area contributed by atoms with E-state index < -0.39 is 12.1 Å². The quantitative estimate of drug-likeness (QED) is 0.663. The van der Waals surface area contributed by atoms with Crippen LogP contribution in [0, 0.1) is 0 Å². The van der Waals surface area contributed by atoms with E-state index >= 15 is 0 Å². The van der Waals surface area contributed by atoms with Gasteiger partial charge in [-0.05, 0) is 37.1 Å². The van der Waals surface area contributed by atoms with Gasteiger partial charge < -0.3 is 9.84 Å². The highest BCUT2D eigenvalue weighted by Crippen LogP contribution is 2.23. The molecule has 1 atom stereocenters. The van der Waals surface area contributed by atoms with E-state index in [1.807, 2.05) is 19.1 Å². The molecule has 0 radical (unpaired) electrons. The Bertz CT molecular complexity index is 722. The van der Waals surface area contributed by atoms with Gasteiger partial charge in [0, 0.05) is 10.6 Å². The highest BCUT2D eigenvalue weighted by molar-refractivity contribution is 6.31. The smallest absolute Gasteiger partial charge is 0.342 e. The monoisotopic (exact) mass is 332 g/mol. The highest BCUT2D eigenvalue weighted by atomic mass is 35.5. The van der Waals surface area contributed by atoms with E-state index in [2.05, 4.69) is 0 Å². The van der Waals surface area contributed by atoms with Gasteiger partial charge in [0.25, 0.3) is 0 Å². The molecule has 0 aromatic heterocycles. The van der Waals surface area contributed by atoms with E-state index in [-0.39, 0.29) is 17.1 Å². The molecule has 5 heteroatoms. The maximum absolute atomic E-state index is 12.3. The van der Waals surface area contributed by atoms with Crippen molar-refractivity contribution >= 4 is 23.4 Å². The molecule has 2 aromatic carbocycles. The number of rotatable bonds is 5. The van der Waals surface area contributed by atoms with E-state index in [0.717, 1.165) is 12.0 Å². The minimum absolute atomic E-state index is 0.0709. The van der Waals surface area contributed by atoms with Crippen molar-refractivity contribution in [3.8, 4) is 5.75 Å². The molecule has 4 nitrogen and oxygen atoms in total. The van der Waals surface area contributed by atoms with Gasteiger partial charge in [0.1, 0.15) is 11.3 Å². The average molecular weight is 333 g/mol. The topological polar surface area (TPSA) is 63.6 Å². The lowest BCUT2D eigenvalue weighted by Gasteiger charge is -2.13. The van der Waals surface area contributed by atoms with Crippen molar-refractivity contribution in [3.05, 3.63) is 64.2 Å². The molecule has 0 aliphatic carbocycles. The molecule has 0 aliphatic rings. The Hall–Kier alpha value is -2.33. The maximum Gasteiger partial charge on any atom is 0.342 e. The summed E-state index contributed by atoms with van der Waals surface area (Å²) in [5.74, 6) is -1.34. The minimum atomic E-state index is -0.964. The number of carbonyl (C=O) groups is 2. The first-order valence-electron chi connectivity index (χ1n) is 7.25. The predicted octanol–water partition coefficient (Wildman–Crippen LogP) is 4.04. The summed E-state index contributed by atoms with van der Waals surface area (Å²) >= 11 is 5.80. The third-order valence-electron chi connectivity index (χ3n) is 3.48. The molecule has 0 unspecified atom stereocenters. The third kappa shape index (κ3) is 4.11. The summed E-state index contributed by atoms with van der Waals surface area (Å²) in [7, 11) is 0. The van der Waals surface area contributed by atoms with Crippen LogP contribution in [0.15, 0.2) is 42.5 Å². The molecule has 0 heterocycles. The standard InChI is InChI=1S/C18H17ClO4/c1-3-12-4-6-13(7-5-12)17(21)11(2)23-18(22)15-10-14(19)8-9-16(15)20/h4-11,20H,3H2,1-2H3/t11-/m0/s1. The van der Waals surface area contributed by atoms with Crippen LogP contribution < -0.4 is 0 Å². The fraction of sp³-hybridized carbons (Fsp3) is 0.222. The van der Waals surface area contributed by atoms with Crippen LogP contribution in [-0.2, 0) is 11.2 Å². The lowest BCUT2D eigenvalue weighted by Crippen LogP contribution is -2.24. The first kappa shape index (κ1) is 17.0. The van der Waals surface area contributed by atoms with Gasteiger partial charge in [-0.2, -0.15) is 0 Å². The zero-order valence-corrected chi connectivity index (χ0v) is 13.6.